The number of nitrogens with zero attached hydrogens (tertiary/aromatic N) is 1. The van der Waals surface area contributed by atoms with E-state index in [9.17, 15) is 0 Å². The van der Waals surface area contributed by atoms with Gasteiger partial charge in [0.1, 0.15) is 0 Å². The highest BCUT2D eigenvalue weighted by Gasteiger charge is 2.31. The Morgan fingerprint density at radius 1 is 1.50 bits per heavy atom. The summed E-state index contributed by atoms with van der Waals surface area (Å²) >= 11 is 0. The van der Waals surface area contributed by atoms with E-state index in [1.54, 1.807) is 0 Å². The highest BCUT2D eigenvalue weighted by Crippen LogP contribution is 2.21. The molecular weight excluding hydrogens is 130 g/mol. The summed E-state index contributed by atoms with van der Waals surface area (Å²) in [4.78, 5) is 3.23. The van der Waals surface area contributed by atoms with Crippen LogP contribution in [-0.4, -0.2) is 25.5 Å². The van der Waals surface area contributed by atoms with Crippen LogP contribution in [0.2, 0.25) is 0 Å². The summed E-state index contributed by atoms with van der Waals surface area (Å²) in [6, 6.07) is 0. The third-order valence-corrected chi connectivity index (χ3v) is 1.58. The summed E-state index contributed by atoms with van der Waals surface area (Å²) in [7, 11) is 0. The van der Waals surface area contributed by atoms with Crippen LogP contribution in [0.15, 0.2) is 0 Å². The molecule has 3 nitrogen and oxygen atoms in total. The molecule has 3 heteroatoms. The van der Waals surface area contributed by atoms with Gasteiger partial charge in [-0.1, -0.05) is 0 Å². The highest BCUT2D eigenvalue weighted by atomic mass is 16.7. The maximum absolute atomic E-state index is 6.57. The molecule has 1 heterocycles. The number of hydrogen-bond acceptors (Lipinski definition) is 2. The van der Waals surface area contributed by atoms with E-state index in [0.717, 1.165) is 0 Å². The first-order valence-corrected chi connectivity index (χ1v) is 3.38. The van der Waals surface area contributed by atoms with Crippen molar-refractivity contribution in [2.75, 3.05) is 19.8 Å². The first-order chi connectivity index (χ1) is 4.77. The standard InChI is InChI=1S/C7H11NO2/c1-7(3-4-8-2)9-5-6-10-7/h3-6H2,1H3. The summed E-state index contributed by atoms with van der Waals surface area (Å²) in [5, 5.41) is 0. The summed E-state index contributed by atoms with van der Waals surface area (Å²) in [5.74, 6) is -0.468. The summed E-state index contributed by atoms with van der Waals surface area (Å²) in [6.07, 6.45) is 0.677. The molecule has 1 aliphatic heterocycles. The van der Waals surface area contributed by atoms with Crippen LogP contribution in [0.4, 0.5) is 0 Å². The van der Waals surface area contributed by atoms with Gasteiger partial charge in [0, 0.05) is 0 Å². The first kappa shape index (κ1) is 7.52. The Hall–Kier alpha value is -0.590. The first-order valence-electron chi connectivity index (χ1n) is 3.38. The minimum atomic E-state index is -0.468. The molecule has 1 aliphatic rings. The fourth-order valence-corrected chi connectivity index (χ4v) is 0.960. The van der Waals surface area contributed by atoms with Gasteiger partial charge in [0.25, 0.3) is 0 Å². The van der Waals surface area contributed by atoms with Crippen LogP contribution in [-0.2, 0) is 9.47 Å². The van der Waals surface area contributed by atoms with Gasteiger partial charge in [0.2, 0.25) is 6.54 Å². The molecule has 1 saturated heterocycles. The van der Waals surface area contributed by atoms with E-state index in [0.29, 0.717) is 26.2 Å². The Morgan fingerprint density at radius 3 is 2.60 bits per heavy atom. The molecule has 0 amide bonds. The Labute approximate surface area is 60.8 Å². The van der Waals surface area contributed by atoms with E-state index in [4.69, 9.17) is 16.0 Å². The Morgan fingerprint density at radius 2 is 2.10 bits per heavy atom. The van der Waals surface area contributed by atoms with Crippen LogP contribution in [0.3, 0.4) is 0 Å². The lowest BCUT2D eigenvalue weighted by atomic mass is 10.2. The molecule has 0 aliphatic carbocycles. The molecule has 10 heavy (non-hydrogen) atoms. The van der Waals surface area contributed by atoms with Crippen LogP contribution >= 0.6 is 0 Å². The molecule has 1 rings (SSSR count). The normalized spacial score (nSPS) is 22.4. The second kappa shape index (κ2) is 3.00. The van der Waals surface area contributed by atoms with Crippen molar-refractivity contribution in [2.45, 2.75) is 19.1 Å². The van der Waals surface area contributed by atoms with Crippen molar-refractivity contribution in [1.29, 1.82) is 0 Å². The maximum atomic E-state index is 6.57. The average molecular weight is 141 g/mol. The fourth-order valence-electron chi connectivity index (χ4n) is 0.960. The largest absolute Gasteiger partial charge is 0.348 e. The topological polar surface area (TPSA) is 22.8 Å². The molecule has 0 atom stereocenters. The van der Waals surface area contributed by atoms with Crippen LogP contribution in [0.5, 0.6) is 0 Å². The smallest absolute Gasteiger partial charge is 0.219 e. The molecule has 0 radical (unpaired) electrons. The molecule has 0 aromatic rings. The van der Waals surface area contributed by atoms with Crippen LogP contribution < -0.4 is 0 Å². The van der Waals surface area contributed by atoms with Crippen molar-refractivity contribution < 1.29 is 9.47 Å². The van der Waals surface area contributed by atoms with Crippen molar-refractivity contribution in [1.82, 2.24) is 0 Å². The molecule has 1 fully saturated rings. The van der Waals surface area contributed by atoms with E-state index in [1.807, 2.05) is 6.92 Å². The van der Waals surface area contributed by atoms with Crippen LogP contribution in [0.1, 0.15) is 13.3 Å². The van der Waals surface area contributed by atoms with Gasteiger partial charge in [0.05, 0.1) is 19.6 Å². The van der Waals surface area contributed by atoms with Crippen molar-refractivity contribution in [3.8, 4) is 0 Å². The SMILES string of the molecule is [C-]#[N+]CCC1(C)OCCO1. The van der Waals surface area contributed by atoms with Gasteiger partial charge in [0.15, 0.2) is 5.79 Å². The lowest BCUT2D eigenvalue weighted by Crippen LogP contribution is -2.25. The van der Waals surface area contributed by atoms with Gasteiger partial charge < -0.3 is 14.3 Å². The lowest BCUT2D eigenvalue weighted by Gasteiger charge is -2.18. The molecule has 0 spiro atoms. The highest BCUT2D eigenvalue weighted by molar-refractivity contribution is 4.73. The third kappa shape index (κ3) is 1.69. The zero-order chi connectivity index (χ0) is 7.45. The molecule has 0 saturated carbocycles. The Bertz CT molecular complexity index is 144. The van der Waals surface area contributed by atoms with Crippen molar-refractivity contribution in [2.24, 2.45) is 0 Å². The second-order valence-electron chi connectivity index (χ2n) is 2.46. The molecule has 0 aromatic heterocycles. The van der Waals surface area contributed by atoms with Crippen molar-refractivity contribution in [3.05, 3.63) is 11.4 Å². The van der Waals surface area contributed by atoms with E-state index >= 15 is 0 Å². The zero-order valence-corrected chi connectivity index (χ0v) is 6.09. The summed E-state index contributed by atoms with van der Waals surface area (Å²) < 4.78 is 10.6. The minimum absolute atomic E-state index is 0.468. The predicted octanol–water partition coefficient (Wildman–Crippen LogP) is 1.06. The molecular formula is C7H11NO2. The summed E-state index contributed by atoms with van der Waals surface area (Å²) in [6.45, 7) is 10.3. The van der Waals surface area contributed by atoms with Crippen molar-refractivity contribution in [3.63, 3.8) is 0 Å². The van der Waals surface area contributed by atoms with Gasteiger partial charge in [-0.15, -0.1) is 0 Å². The maximum Gasteiger partial charge on any atom is 0.219 e. The van der Waals surface area contributed by atoms with E-state index in [1.165, 1.54) is 0 Å². The quantitative estimate of drug-likeness (QED) is 0.536. The predicted molar refractivity (Wildman–Crippen MR) is 36.4 cm³/mol. The Balaban J connectivity index is 2.30. The van der Waals surface area contributed by atoms with Gasteiger partial charge in [-0.2, -0.15) is 0 Å². The molecule has 0 unspecified atom stereocenters. The molecule has 56 valence electrons. The monoisotopic (exact) mass is 141 g/mol. The van der Waals surface area contributed by atoms with E-state index < -0.39 is 5.79 Å². The van der Waals surface area contributed by atoms with E-state index in [-0.39, 0.29) is 0 Å². The number of ether oxygens (including phenoxy) is 2. The molecule has 0 bridgehead atoms. The van der Waals surface area contributed by atoms with Gasteiger partial charge in [-0.3, -0.25) is 0 Å². The Kier molecular flexibility index (Phi) is 2.25. The summed E-state index contributed by atoms with van der Waals surface area (Å²) in [5.41, 5.74) is 0. The van der Waals surface area contributed by atoms with Crippen molar-refractivity contribution >= 4 is 0 Å². The van der Waals surface area contributed by atoms with Crippen LogP contribution in [0.25, 0.3) is 4.85 Å². The third-order valence-electron chi connectivity index (χ3n) is 1.58. The lowest BCUT2D eigenvalue weighted by molar-refractivity contribution is -0.143. The molecule has 0 aromatic carbocycles. The van der Waals surface area contributed by atoms with Crippen LogP contribution in [0, 0.1) is 6.57 Å². The van der Waals surface area contributed by atoms with E-state index in [2.05, 4.69) is 4.85 Å². The fraction of sp³-hybridized carbons (Fsp3) is 0.857. The zero-order valence-electron chi connectivity index (χ0n) is 6.09. The number of rotatable bonds is 2. The van der Waals surface area contributed by atoms with Gasteiger partial charge >= 0.3 is 0 Å². The van der Waals surface area contributed by atoms with Gasteiger partial charge in [-0.05, 0) is 6.92 Å². The number of hydrogen-bond donors (Lipinski definition) is 0. The average Bonchev–Trinajstić information content (AvgIpc) is 2.33. The van der Waals surface area contributed by atoms with Gasteiger partial charge in [-0.25, -0.2) is 6.57 Å². The minimum Gasteiger partial charge on any atom is -0.348 e. The molecule has 0 N–H and O–H groups in total. The second-order valence-corrected chi connectivity index (χ2v) is 2.46.